The highest BCUT2D eigenvalue weighted by Crippen LogP contribution is 2.12. The molecular formula is C10H12N4OS. The van der Waals surface area contributed by atoms with E-state index < -0.39 is 0 Å². The van der Waals surface area contributed by atoms with E-state index in [9.17, 15) is 0 Å². The summed E-state index contributed by atoms with van der Waals surface area (Å²) in [4.78, 5) is 8.33. The lowest BCUT2D eigenvalue weighted by Gasteiger charge is -2.03. The molecule has 0 atom stereocenters. The number of pyridine rings is 1. The summed E-state index contributed by atoms with van der Waals surface area (Å²) >= 11 is 1.36. The fraction of sp³-hybridized carbons (Fsp3) is 0.300. The van der Waals surface area contributed by atoms with Crippen LogP contribution in [-0.2, 0) is 6.54 Å². The van der Waals surface area contributed by atoms with E-state index in [2.05, 4.69) is 19.7 Å². The minimum Gasteiger partial charge on any atom is -0.481 e. The van der Waals surface area contributed by atoms with Gasteiger partial charge in [0, 0.05) is 30.3 Å². The average Bonchev–Trinajstić information content (AvgIpc) is 2.73. The van der Waals surface area contributed by atoms with Gasteiger partial charge in [0.25, 0.3) is 0 Å². The number of hydrogen-bond acceptors (Lipinski definition) is 6. The predicted molar refractivity (Wildman–Crippen MR) is 62.8 cm³/mol. The fourth-order valence-corrected chi connectivity index (χ4v) is 1.75. The maximum Gasteiger partial charge on any atom is 0.212 e. The molecule has 2 rings (SSSR count). The van der Waals surface area contributed by atoms with Gasteiger partial charge in [0.15, 0.2) is 0 Å². The van der Waals surface area contributed by atoms with Crippen LogP contribution >= 0.6 is 11.5 Å². The monoisotopic (exact) mass is 236 g/mol. The third-order valence-electron chi connectivity index (χ3n) is 1.98. The summed E-state index contributed by atoms with van der Waals surface area (Å²) in [5, 5.41) is 4.01. The average molecular weight is 236 g/mol. The molecule has 16 heavy (non-hydrogen) atoms. The maximum absolute atomic E-state index is 4.98. The molecular weight excluding hydrogens is 224 g/mol. The number of nitrogens with zero attached hydrogens (tertiary/aromatic N) is 3. The second kappa shape index (κ2) is 4.89. The van der Waals surface area contributed by atoms with E-state index in [1.54, 1.807) is 13.3 Å². The number of ether oxygens (including phenoxy) is 1. The van der Waals surface area contributed by atoms with Crippen LogP contribution in [0.25, 0.3) is 0 Å². The second-order valence-electron chi connectivity index (χ2n) is 3.21. The van der Waals surface area contributed by atoms with Gasteiger partial charge in [0.1, 0.15) is 5.82 Å². The van der Waals surface area contributed by atoms with Crippen molar-refractivity contribution in [2.75, 3.05) is 12.4 Å². The Labute approximate surface area is 97.7 Å². The molecule has 0 aliphatic rings. The van der Waals surface area contributed by atoms with Crippen LogP contribution in [0.2, 0.25) is 0 Å². The first-order valence-corrected chi connectivity index (χ1v) is 5.58. The number of aromatic nitrogens is 3. The Kier molecular flexibility index (Phi) is 3.31. The summed E-state index contributed by atoms with van der Waals surface area (Å²) in [6.45, 7) is 2.56. The molecule has 2 heterocycles. The number of methoxy groups -OCH3 is 1. The summed E-state index contributed by atoms with van der Waals surface area (Å²) in [5.74, 6) is 1.41. The third kappa shape index (κ3) is 2.66. The molecule has 0 aliphatic carbocycles. The van der Waals surface area contributed by atoms with E-state index in [0.717, 1.165) is 16.5 Å². The molecule has 0 saturated heterocycles. The fourth-order valence-electron chi connectivity index (χ4n) is 1.18. The molecule has 0 aliphatic heterocycles. The van der Waals surface area contributed by atoms with Gasteiger partial charge in [0.2, 0.25) is 11.0 Å². The van der Waals surface area contributed by atoms with Gasteiger partial charge >= 0.3 is 0 Å². The summed E-state index contributed by atoms with van der Waals surface area (Å²) in [5.41, 5.74) is 1.08. The first kappa shape index (κ1) is 10.8. The minimum absolute atomic E-state index is 0.621. The molecule has 6 heteroatoms. The quantitative estimate of drug-likeness (QED) is 0.878. The van der Waals surface area contributed by atoms with Crippen molar-refractivity contribution in [2.24, 2.45) is 0 Å². The summed E-state index contributed by atoms with van der Waals surface area (Å²) < 4.78 is 9.07. The lowest BCUT2D eigenvalue weighted by Crippen LogP contribution is -1.99. The van der Waals surface area contributed by atoms with Gasteiger partial charge in [0.05, 0.1) is 7.11 Å². The van der Waals surface area contributed by atoms with Crippen LogP contribution in [0.4, 0.5) is 5.13 Å². The lowest BCUT2D eigenvalue weighted by atomic mass is 10.3. The molecule has 0 radical (unpaired) electrons. The van der Waals surface area contributed by atoms with Crippen LogP contribution in [0.15, 0.2) is 18.3 Å². The highest BCUT2D eigenvalue weighted by atomic mass is 32.1. The van der Waals surface area contributed by atoms with E-state index in [0.29, 0.717) is 12.4 Å². The van der Waals surface area contributed by atoms with Crippen molar-refractivity contribution in [1.29, 1.82) is 0 Å². The van der Waals surface area contributed by atoms with Crippen LogP contribution in [0.1, 0.15) is 11.4 Å². The zero-order valence-corrected chi connectivity index (χ0v) is 9.91. The van der Waals surface area contributed by atoms with Crippen LogP contribution < -0.4 is 10.1 Å². The van der Waals surface area contributed by atoms with Crippen LogP contribution in [0.5, 0.6) is 5.88 Å². The van der Waals surface area contributed by atoms with Gasteiger partial charge in [-0.05, 0) is 12.5 Å². The molecule has 0 amide bonds. The SMILES string of the molecule is COc1ccc(CNc2nc(C)ns2)cn1. The maximum atomic E-state index is 4.98. The Morgan fingerprint density at radius 1 is 1.44 bits per heavy atom. The highest BCUT2D eigenvalue weighted by molar-refractivity contribution is 7.09. The Morgan fingerprint density at radius 3 is 2.88 bits per heavy atom. The van der Waals surface area contributed by atoms with Crippen LogP contribution in [0, 0.1) is 6.92 Å². The zero-order valence-electron chi connectivity index (χ0n) is 9.10. The van der Waals surface area contributed by atoms with Crippen molar-refractivity contribution < 1.29 is 4.74 Å². The van der Waals surface area contributed by atoms with Crippen molar-refractivity contribution in [3.8, 4) is 5.88 Å². The normalized spacial score (nSPS) is 10.1. The number of nitrogens with one attached hydrogen (secondary N) is 1. The van der Waals surface area contributed by atoms with E-state index in [1.165, 1.54) is 11.5 Å². The van der Waals surface area contributed by atoms with E-state index in [4.69, 9.17) is 4.74 Å². The van der Waals surface area contributed by atoms with Crippen LogP contribution in [0.3, 0.4) is 0 Å². The molecule has 0 saturated carbocycles. The molecule has 2 aromatic heterocycles. The number of anilines is 1. The molecule has 0 unspecified atom stereocenters. The number of hydrogen-bond donors (Lipinski definition) is 1. The predicted octanol–water partition coefficient (Wildman–Crippen LogP) is 1.86. The van der Waals surface area contributed by atoms with E-state index >= 15 is 0 Å². The molecule has 5 nitrogen and oxygen atoms in total. The first-order valence-electron chi connectivity index (χ1n) is 4.81. The molecule has 0 spiro atoms. The van der Waals surface area contributed by atoms with Crippen molar-refractivity contribution in [1.82, 2.24) is 14.3 Å². The number of aryl methyl sites for hydroxylation is 1. The van der Waals surface area contributed by atoms with Crippen molar-refractivity contribution in [3.63, 3.8) is 0 Å². The topological polar surface area (TPSA) is 59.9 Å². The van der Waals surface area contributed by atoms with Crippen molar-refractivity contribution in [3.05, 3.63) is 29.7 Å². The van der Waals surface area contributed by atoms with Crippen LogP contribution in [-0.4, -0.2) is 21.5 Å². The Bertz CT molecular complexity index is 454. The summed E-state index contributed by atoms with van der Waals surface area (Å²) in [6.07, 6.45) is 1.78. The number of rotatable bonds is 4. The zero-order chi connectivity index (χ0) is 11.4. The molecule has 0 aromatic carbocycles. The molecule has 2 aromatic rings. The molecule has 84 valence electrons. The second-order valence-corrected chi connectivity index (χ2v) is 3.96. The largest absolute Gasteiger partial charge is 0.481 e. The van der Waals surface area contributed by atoms with Gasteiger partial charge in [-0.15, -0.1) is 0 Å². The van der Waals surface area contributed by atoms with Crippen molar-refractivity contribution in [2.45, 2.75) is 13.5 Å². The first-order chi connectivity index (χ1) is 7.78. The smallest absolute Gasteiger partial charge is 0.212 e. The van der Waals surface area contributed by atoms with Gasteiger partial charge in [-0.1, -0.05) is 6.07 Å². The standard InChI is InChI=1S/C10H12N4OS/c1-7-13-10(16-14-7)12-6-8-3-4-9(15-2)11-5-8/h3-5H,6H2,1-2H3,(H,12,13,14). The third-order valence-corrected chi connectivity index (χ3v) is 2.74. The van der Waals surface area contributed by atoms with Gasteiger partial charge < -0.3 is 10.1 Å². The molecule has 1 N–H and O–H groups in total. The highest BCUT2D eigenvalue weighted by Gasteiger charge is 2.00. The molecule has 0 bridgehead atoms. The Morgan fingerprint density at radius 2 is 2.31 bits per heavy atom. The minimum atomic E-state index is 0.621. The molecule has 0 fully saturated rings. The summed E-state index contributed by atoms with van der Waals surface area (Å²) in [6, 6.07) is 3.80. The van der Waals surface area contributed by atoms with Gasteiger partial charge in [-0.25, -0.2) is 9.97 Å². The summed E-state index contributed by atoms with van der Waals surface area (Å²) in [7, 11) is 1.60. The lowest BCUT2D eigenvalue weighted by molar-refractivity contribution is 0.397. The Balaban J connectivity index is 1.94. The van der Waals surface area contributed by atoms with E-state index in [1.807, 2.05) is 19.1 Å². The Hall–Kier alpha value is -1.69. The van der Waals surface area contributed by atoms with Crippen molar-refractivity contribution >= 4 is 16.7 Å². The van der Waals surface area contributed by atoms with Gasteiger partial charge in [-0.2, -0.15) is 4.37 Å². The van der Waals surface area contributed by atoms with Gasteiger partial charge in [-0.3, -0.25) is 0 Å². The van der Waals surface area contributed by atoms with E-state index in [-0.39, 0.29) is 0 Å².